The molecule has 0 fully saturated rings. The molecule has 2 aromatic carbocycles. The van der Waals surface area contributed by atoms with E-state index in [0.717, 1.165) is 64.4 Å². The van der Waals surface area contributed by atoms with E-state index >= 15 is 0 Å². The fourth-order valence-corrected chi connectivity index (χ4v) is 5.90. The van der Waals surface area contributed by atoms with Gasteiger partial charge in [0.2, 0.25) is 0 Å². The summed E-state index contributed by atoms with van der Waals surface area (Å²) in [5, 5.41) is 4.50. The number of aryl methyl sites for hydroxylation is 2. The summed E-state index contributed by atoms with van der Waals surface area (Å²) in [4.78, 5) is 37.9. The second-order valence-corrected chi connectivity index (χ2v) is 9.68. The maximum atomic E-state index is 13.4. The van der Waals surface area contributed by atoms with Crippen molar-refractivity contribution in [3.05, 3.63) is 71.5 Å². The van der Waals surface area contributed by atoms with Crippen LogP contribution in [0.3, 0.4) is 0 Å². The number of amides is 2. The van der Waals surface area contributed by atoms with E-state index in [1.807, 2.05) is 60.3 Å². The van der Waals surface area contributed by atoms with Crippen LogP contribution in [-0.4, -0.2) is 33.5 Å². The van der Waals surface area contributed by atoms with Crippen LogP contribution in [0.4, 0.5) is 0 Å². The molecule has 0 saturated carbocycles. The third-order valence-corrected chi connectivity index (χ3v) is 7.50. The Bertz CT molecular complexity index is 1600. The average molecular weight is 482 g/mol. The van der Waals surface area contributed by atoms with Crippen LogP contribution in [0.1, 0.15) is 36.6 Å². The lowest BCUT2D eigenvalue weighted by molar-refractivity contribution is -0.141. The average Bonchev–Trinajstić information content (AvgIpc) is 3.46. The van der Waals surface area contributed by atoms with Crippen molar-refractivity contribution in [2.75, 3.05) is 6.61 Å². The van der Waals surface area contributed by atoms with E-state index in [1.54, 1.807) is 0 Å². The van der Waals surface area contributed by atoms with Crippen molar-refractivity contribution in [3.8, 4) is 0 Å². The molecule has 7 heteroatoms. The lowest BCUT2D eigenvalue weighted by Gasteiger charge is -2.26. The van der Waals surface area contributed by atoms with Crippen molar-refractivity contribution in [3.63, 3.8) is 0 Å². The Morgan fingerprint density at radius 2 is 1.69 bits per heavy atom. The molecule has 4 aromatic rings. The third kappa shape index (κ3) is 3.46. The molecule has 1 unspecified atom stereocenters. The summed E-state index contributed by atoms with van der Waals surface area (Å²) in [6, 6.07) is 16.0. The van der Waals surface area contributed by atoms with Gasteiger partial charge in [-0.15, -0.1) is 0 Å². The zero-order valence-corrected chi connectivity index (χ0v) is 20.3. The minimum absolute atomic E-state index is 0.272. The Balaban J connectivity index is 1.56. The van der Waals surface area contributed by atoms with Gasteiger partial charge in [-0.25, -0.2) is 0 Å². The van der Waals surface area contributed by atoms with Crippen molar-refractivity contribution in [2.24, 2.45) is 13.0 Å². The van der Waals surface area contributed by atoms with Crippen LogP contribution < -0.4 is 5.32 Å². The summed E-state index contributed by atoms with van der Waals surface area (Å²) in [6.45, 7) is 2.62. The van der Waals surface area contributed by atoms with Gasteiger partial charge < -0.3 is 13.9 Å². The number of benzene rings is 2. The first-order valence-electron chi connectivity index (χ1n) is 12.3. The number of carbonyl (C=O) groups excluding carboxylic acids is 3. The van der Waals surface area contributed by atoms with Crippen molar-refractivity contribution >= 4 is 50.7 Å². The minimum atomic E-state index is -0.363. The molecule has 0 aliphatic carbocycles. The first-order valence-corrected chi connectivity index (χ1v) is 12.3. The van der Waals surface area contributed by atoms with Gasteiger partial charge in [-0.2, -0.15) is 0 Å². The number of para-hydroxylation sites is 2. The van der Waals surface area contributed by atoms with Gasteiger partial charge in [-0.3, -0.25) is 19.7 Å². The minimum Gasteiger partial charge on any atom is -0.466 e. The first-order chi connectivity index (χ1) is 17.4. The summed E-state index contributed by atoms with van der Waals surface area (Å²) in [7, 11) is 1.95. The normalized spacial score (nSPS) is 17.7. The predicted octanol–water partition coefficient (Wildman–Crippen LogP) is 4.22. The van der Waals surface area contributed by atoms with Crippen LogP contribution in [0.5, 0.6) is 0 Å². The summed E-state index contributed by atoms with van der Waals surface area (Å²) in [5.41, 5.74) is 5.61. The number of imide groups is 1. The van der Waals surface area contributed by atoms with Crippen LogP contribution in [0.2, 0.25) is 0 Å². The Kier molecular flexibility index (Phi) is 5.29. The van der Waals surface area contributed by atoms with E-state index in [0.29, 0.717) is 23.7 Å². The zero-order valence-electron chi connectivity index (χ0n) is 20.3. The smallest absolute Gasteiger partial charge is 0.302 e. The summed E-state index contributed by atoms with van der Waals surface area (Å²) in [6.07, 6.45) is 4.41. The highest BCUT2D eigenvalue weighted by atomic mass is 16.5. The lowest BCUT2D eigenvalue weighted by Crippen LogP contribution is -2.24. The largest absolute Gasteiger partial charge is 0.466 e. The number of aromatic nitrogens is 2. The van der Waals surface area contributed by atoms with E-state index in [2.05, 4.69) is 16.0 Å². The van der Waals surface area contributed by atoms with E-state index in [4.69, 9.17) is 4.74 Å². The Morgan fingerprint density at radius 3 is 2.47 bits per heavy atom. The van der Waals surface area contributed by atoms with Gasteiger partial charge >= 0.3 is 5.97 Å². The second-order valence-electron chi connectivity index (χ2n) is 9.68. The fourth-order valence-electron chi connectivity index (χ4n) is 5.90. The number of nitrogens with one attached hydrogen (secondary N) is 1. The molecular weight excluding hydrogens is 454 g/mol. The molecule has 2 amide bonds. The Hall–Kier alpha value is -4.13. The van der Waals surface area contributed by atoms with Crippen LogP contribution in [0.25, 0.3) is 33.0 Å². The van der Waals surface area contributed by atoms with Crippen LogP contribution >= 0.6 is 0 Å². The highest BCUT2D eigenvalue weighted by Crippen LogP contribution is 2.43. The summed E-state index contributed by atoms with van der Waals surface area (Å²) >= 11 is 0. The van der Waals surface area contributed by atoms with E-state index in [-0.39, 0.29) is 17.8 Å². The molecule has 1 atom stereocenters. The maximum absolute atomic E-state index is 13.4. The maximum Gasteiger partial charge on any atom is 0.302 e. The van der Waals surface area contributed by atoms with Gasteiger partial charge in [0, 0.05) is 65.3 Å². The molecule has 2 aromatic heterocycles. The topological polar surface area (TPSA) is 82.3 Å². The lowest BCUT2D eigenvalue weighted by atomic mass is 9.88. The molecule has 7 nitrogen and oxygen atoms in total. The van der Waals surface area contributed by atoms with E-state index in [9.17, 15) is 14.4 Å². The van der Waals surface area contributed by atoms with E-state index in [1.165, 1.54) is 6.92 Å². The number of ether oxygens (including phenoxy) is 1. The van der Waals surface area contributed by atoms with Gasteiger partial charge in [0.25, 0.3) is 11.8 Å². The molecule has 0 spiro atoms. The van der Waals surface area contributed by atoms with Gasteiger partial charge in [-0.05, 0) is 37.3 Å². The number of hydrogen-bond acceptors (Lipinski definition) is 4. The van der Waals surface area contributed by atoms with Crippen molar-refractivity contribution in [2.45, 2.75) is 32.7 Å². The molecule has 6 rings (SSSR count). The molecule has 0 bridgehead atoms. The van der Waals surface area contributed by atoms with Gasteiger partial charge in [0.05, 0.1) is 17.8 Å². The van der Waals surface area contributed by atoms with Gasteiger partial charge in [-0.1, -0.05) is 36.4 Å². The highest BCUT2D eigenvalue weighted by Gasteiger charge is 2.38. The number of esters is 1. The third-order valence-electron chi connectivity index (χ3n) is 7.50. The quantitative estimate of drug-likeness (QED) is 0.342. The van der Waals surface area contributed by atoms with Crippen molar-refractivity contribution < 1.29 is 19.1 Å². The fraction of sp³-hybridized carbons (Fsp3) is 0.276. The Morgan fingerprint density at radius 1 is 1.00 bits per heavy atom. The first kappa shape index (κ1) is 22.3. The van der Waals surface area contributed by atoms with Gasteiger partial charge in [0.15, 0.2) is 0 Å². The van der Waals surface area contributed by atoms with Crippen LogP contribution in [0, 0.1) is 5.92 Å². The summed E-state index contributed by atoms with van der Waals surface area (Å²) in [5.74, 6) is -0.671. The second kappa shape index (κ2) is 8.52. The van der Waals surface area contributed by atoms with Gasteiger partial charge in [0.1, 0.15) is 0 Å². The SMILES string of the molecule is CC(=O)OCCC1CCn2c(c(C3=C(c4cn(C)c5ccccc45)C(=O)NC3=O)c3ccccc32)C1. The molecule has 0 saturated heterocycles. The van der Waals surface area contributed by atoms with Crippen molar-refractivity contribution in [1.29, 1.82) is 0 Å². The molecule has 36 heavy (non-hydrogen) atoms. The molecule has 182 valence electrons. The Labute approximate surface area is 208 Å². The summed E-state index contributed by atoms with van der Waals surface area (Å²) < 4.78 is 9.48. The highest BCUT2D eigenvalue weighted by molar-refractivity contribution is 6.51. The van der Waals surface area contributed by atoms with E-state index < -0.39 is 0 Å². The number of carbonyl (C=O) groups is 3. The van der Waals surface area contributed by atoms with Crippen LogP contribution in [0.15, 0.2) is 54.7 Å². The predicted molar refractivity (Wildman–Crippen MR) is 138 cm³/mol. The molecule has 0 radical (unpaired) electrons. The molecule has 1 N–H and O–H groups in total. The number of fused-ring (bicyclic) bond motifs is 4. The number of nitrogens with zero attached hydrogens (tertiary/aromatic N) is 2. The monoisotopic (exact) mass is 481 g/mol. The number of hydrogen-bond donors (Lipinski definition) is 1. The zero-order chi connectivity index (χ0) is 25.0. The number of rotatable bonds is 5. The van der Waals surface area contributed by atoms with Crippen LogP contribution in [-0.2, 0) is 39.1 Å². The van der Waals surface area contributed by atoms with Crippen molar-refractivity contribution in [1.82, 2.24) is 14.5 Å². The molecule has 2 aliphatic heterocycles. The molecule has 4 heterocycles. The molecule has 2 aliphatic rings. The standard InChI is InChI=1S/C29H27N3O4/c1-17(33)36-14-12-18-11-13-32-23-10-6-4-8-20(23)25(24(32)15-18)27-26(28(34)30-29(27)35)21-16-31(2)22-9-5-3-7-19(21)22/h3-10,16,18H,11-15H2,1-2H3,(H,30,34,35). The molecular formula is C29H27N3O4.